The molecule has 0 aliphatic heterocycles. The second kappa shape index (κ2) is 13.6. The summed E-state index contributed by atoms with van der Waals surface area (Å²) in [5.74, 6) is 0. The Bertz CT molecular complexity index is 3830. The molecule has 0 unspecified atom stereocenters. The van der Waals surface area contributed by atoms with Crippen LogP contribution < -0.4 is 4.90 Å². The number of benzene rings is 10. The van der Waals surface area contributed by atoms with Crippen molar-refractivity contribution in [2.45, 2.75) is 0 Å². The maximum absolute atomic E-state index is 6.86. The maximum Gasteiger partial charge on any atom is 0.143 e. The molecule has 0 spiro atoms. The van der Waals surface area contributed by atoms with E-state index in [0.717, 1.165) is 105 Å². The lowest BCUT2D eigenvalue weighted by Crippen LogP contribution is -2.14. The normalized spacial score (nSPS) is 11.9. The summed E-state index contributed by atoms with van der Waals surface area (Å²) in [6, 6.07) is 78.0. The van der Waals surface area contributed by atoms with E-state index in [0.29, 0.717) is 0 Å². The van der Waals surface area contributed by atoms with Crippen molar-refractivity contribution in [3.05, 3.63) is 218 Å². The number of hydrogen-bond donors (Lipinski definition) is 0. The molecule has 3 aromatic heterocycles. The van der Waals surface area contributed by atoms with Gasteiger partial charge in [-0.1, -0.05) is 158 Å². The first-order chi connectivity index (χ1) is 30.8. The fraction of sp³-hybridized carbons (Fsp3) is 0. The van der Waals surface area contributed by atoms with Crippen molar-refractivity contribution < 1.29 is 8.83 Å². The molecule has 3 heterocycles. The van der Waals surface area contributed by atoms with Gasteiger partial charge in [0, 0.05) is 54.7 Å². The van der Waals surface area contributed by atoms with Gasteiger partial charge in [-0.05, 0) is 77.0 Å². The van der Waals surface area contributed by atoms with E-state index in [1.165, 1.54) is 16.2 Å². The van der Waals surface area contributed by atoms with Crippen LogP contribution in [0.5, 0.6) is 0 Å². The number of hydrogen-bond acceptors (Lipinski definition) is 3. The number of anilines is 3. The molecule has 0 saturated carbocycles. The first-order valence-corrected chi connectivity index (χ1v) is 21.1. The van der Waals surface area contributed by atoms with Crippen LogP contribution in [0.2, 0.25) is 0 Å². The molecule has 4 heteroatoms. The molecule has 0 amide bonds. The van der Waals surface area contributed by atoms with Gasteiger partial charge in [0.15, 0.2) is 0 Å². The van der Waals surface area contributed by atoms with Crippen LogP contribution in [-0.4, -0.2) is 4.57 Å². The molecule has 0 aliphatic rings. The van der Waals surface area contributed by atoms with Crippen molar-refractivity contribution in [1.29, 1.82) is 0 Å². The minimum absolute atomic E-state index is 0.871. The topological polar surface area (TPSA) is 34.5 Å². The van der Waals surface area contributed by atoms with E-state index in [1.807, 2.05) is 12.1 Å². The zero-order chi connectivity index (χ0) is 40.7. The van der Waals surface area contributed by atoms with Crippen LogP contribution in [0, 0.1) is 0 Å². The van der Waals surface area contributed by atoms with Crippen LogP contribution in [0.15, 0.2) is 227 Å². The zero-order valence-corrected chi connectivity index (χ0v) is 33.5. The summed E-state index contributed by atoms with van der Waals surface area (Å²) >= 11 is 0. The fourth-order valence-electron chi connectivity index (χ4n) is 9.79. The lowest BCUT2D eigenvalue weighted by atomic mass is 9.98. The molecule has 0 fully saturated rings. The molecule has 10 aromatic carbocycles. The van der Waals surface area contributed by atoms with Crippen LogP contribution in [0.25, 0.3) is 104 Å². The number of para-hydroxylation sites is 8. The largest absolute Gasteiger partial charge is 0.455 e. The SMILES string of the molecule is c1ccc(N(c2ccc(-c3cccc4c3oc3ccccc34)cc2)c2ccccc2-n2c3ccccc3c3ccccc32)c(-c2cccc3c2oc2cc4ccccc4cc23)c1. The quantitative estimate of drug-likeness (QED) is 0.168. The van der Waals surface area contributed by atoms with Crippen LogP contribution in [0.1, 0.15) is 0 Å². The summed E-state index contributed by atoms with van der Waals surface area (Å²) in [5.41, 5.74) is 14.3. The van der Waals surface area contributed by atoms with Crippen molar-refractivity contribution in [1.82, 2.24) is 4.57 Å². The number of furan rings is 2. The van der Waals surface area contributed by atoms with E-state index in [9.17, 15) is 0 Å². The minimum Gasteiger partial charge on any atom is -0.455 e. The Labute approximate surface area is 356 Å². The number of fused-ring (bicyclic) bond motifs is 10. The highest BCUT2D eigenvalue weighted by molar-refractivity contribution is 6.15. The van der Waals surface area contributed by atoms with E-state index in [2.05, 4.69) is 216 Å². The Morgan fingerprint density at radius 3 is 1.65 bits per heavy atom. The molecule has 0 radical (unpaired) electrons. The summed E-state index contributed by atoms with van der Waals surface area (Å²) in [5, 5.41) is 9.25. The molecule has 62 heavy (non-hydrogen) atoms. The second-order valence-corrected chi connectivity index (χ2v) is 16.0. The van der Waals surface area contributed by atoms with Gasteiger partial charge in [0.25, 0.3) is 0 Å². The first-order valence-electron chi connectivity index (χ1n) is 21.1. The van der Waals surface area contributed by atoms with Crippen LogP contribution in [0.3, 0.4) is 0 Å². The standard InChI is InChI=1S/C58H36N2O2/c1-2-16-39-36-56-49(35-38(39)15-1)48-24-14-22-46(58(48)62-56)44-19-5-7-25-50(44)59(40-33-31-37(32-34-40)41-21-13-23-47-45-20-6-12-30-55(45)61-57(41)47)53-28-10-11-29-54(53)60-51-26-8-3-17-42(51)43-18-4-9-27-52(43)60/h1-36H. The highest BCUT2D eigenvalue weighted by Crippen LogP contribution is 2.48. The average molecular weight is 793 g/mol. The fourth-order valence-corrected chi connectivity index (χ4v) is 9.79. The highest BCUT2D eigenvalue weighted by Gasteiger charge is 2.24. The molecule has 4 nitrogen and oxygen atoms in total. The summed E-state index contributed by atoms with van der Waals surface area (Å²) in [7, 11) is 0. The second-order valence-electron chi connectivity index (χ2n) is 16.0. The van der Waals surface area contributed by atoms with Crippen LogP contribution in [0.4, 0.5) is 17.1 Å². The molecule has 13 aromatic rings. The van der Waals surface area contributed by atoms with Gasteiger partial charge >= 0.3 is 0 Å². The lowest BCUT2D eigenvalue weighted by molar-refractivity contribution is 0.670. The minimum atomic E-state index is 0.871. The molecule has 0 aliphatic carbocycles. The van der Waals surface area contributed by atoms with Crippen LogP contribution in [-0.2, 0) is 0 Å². The van der Waals surface area contributed by atoms with Gasteiger partial charge in [-0.15, -0.1) is 0 Å². The maximum atomic E-state index is 6.86. The van der Waals surface area contributed by atoms with E-state index in [-0.39, 0.29) is 0 Å². The molecular formula is C58H36N2O2. The number of rotatable bonds is 6. The molecule has 0 atom stereocenters. The van der Waals surface area contributed by atoms with Gasteiger partial charge in [0.05, 0.1) is 28.1 Å². The predicted molar refractivity (Wildman–Crippen MR) is 258 cm³/mol. The molecule has 0 bridgehead atoms. The van der Waals surface area contributed by atoms with Gasteiger partial charge in [-0.2, -0.15) is 0 Å². The Hall–Kier alpha value is -8.34. The van der Waals surface area contributed by atoms with Gasteiger partial charge in [0.1, 0.15) is 22.3 Å². The van der Waals surface area contributed by atoms with E-state index < -0.39 is 0 Å². The molecule has 290 valence electrons. The summed E-state index contributed by atoms with van der Waals surface area (Å²) in [4.78, 5) is 2.41. The number of aromatic nitrogens is 1. The average Bonchev–Trinajstić information content (AvgIpc) is 4.01. The van der Waals surface area contributed by atoms with Gasteiger partial charge in [-0.3, -0.25) is 0 Å². The van der Waals surface area contributed by atoms with Crippen molar-refractivity contribution in [2.75, 3.05) is 4.90 Å². The lowest BCUT2D eigenvalue weighted by Gasteiger charge is -2.30. The van der Waals surface area contributed by atoms with Crippen molar-refractivity contribution in [3.8, 4) is 27.9 Å². The first kappa shape index (κ1) is 34.5. The van der Waals surface area contributed by atoms with E-state index >= 15 is 0 Å². The summed E-state index contributed by atoms with van der Waals surface area (Å²) in [6.07, 6.45) is 0. The Balaban J connectivity index is 1.05. The zero-order valence-electron chi connectivity index (χ0n) is 33.5. The highest BCUT2D eigenvalue weighted by atomic mass is 16.3. The third-order valence-electron chi connectivity index (χ3n) is 12.6. The molecule has 13 rings (SSSR count). The summed E-state index contributed by atoms with van der Waals surface area (Å²) in [6.45, 7) is 0. The van der Waals surface area contributed by atoms with Crippen molar-refractivity contribution in [2.24, 2.45) is 0 Å². The molecule has 0 saturated heterocycles. The smallest absolute Gasteiger partial charge is 0.143 e. The third kappa shape index (κ3) is 5.20. The van der Waals surface area contributed by atoms with Gasteiger partial charge in [-0.25, -0.2) is 0 Å². The Morgan fingerprint density at radius 2 is 0.871 bits per heavy atom. The van der Waals surface area contributed by atoms with E-state index in [4.69, 9.17) is 8.83 Å². The van der Waals surface area contributed by atoms with Gasteiger partial charge in [0.2, 0.25) is 0 Å². The molecular weight excluding hydrogens is 757 g/mol. The van der Waals surface area contributed by atoms with Crippen molar-refractivity contribution >= 4 is 93.5 Å². The third-order valence-corrected chi connectivity index (χ3v) is 12.6. The number of nitrogens with zero attached hydrogens (tertiary/aromatic N) is 2. The summed E-state index contributed by atoms with van der Waals surface area (Å²) < 4.78 is 15.8. The Morgan fingerprint density at radius 1 is 0.339 bits per heavy atom. The Kier molecular flexibility index (Phi) is 7.57. The van der Waals surface area contributed by atoms with E-state index in [1.54, 1.807) is 0 Å². The van der Waals surface area contributed by atoms with Crippen molar-refractivity contribution in [3.63, 3.8) is 0 Å². The van der Waals surface area contributed by atoms with Gasteiger partial charge < -0.3 is 18.3 Å². The monoisotopic (exact) mass is 792 g/mol. The molecule has 0 N–H and O–H groups in total. The predicted octanol–water partition coefficient (Wildman–Crippen LogP) is 16.5. The van der Waals surface area contributed by atoms with Crippen LogP contribution >= 0.6 is 0 Å².